The van der Waals surface area contributed by atoms with Crippen molar-refractivity contribution in [3.8, 4) is 0 Å². The van der Waals surface area contributed by atoms with E-state index in [1.807, 2.05) is 67.6 Å². The van der Waals surface area contributed by atoms with Gasteiger partial charge in [-0.15, -0.1) is 0 Å². The van der Waals surface area contributed by atoms with Crippen LogP contribution in [0.4, 0.5) is 5.69 Å². The minimum Gasteiger partial charge on any atom is -0.306 e. The molecular weight excluding hydrogens is 298 g/mol. The monoisotopic (exact) mass is 317 g/mol. The molecule has 4 heteroatoms. The molecule has 1 atom stereocenters. The van der Waals surface area contributed by atoms with E-state index < -0.39 is 0 Å². The second kappa shape index (κ2) is 7.51. The molecule has 24 heavy (non-hydrogen) atoms. The Bertz CT molecular complexity index is 776. The number of pyridine rings is 2. The Labute approximate surface area is 141 Å². The highest BCUT2D eigenvalue weighted by molar-refractivity contribution is 5.97. The van der Waals surface area contributed by atoms with Gasteiger partial charge in [0.1, 0.15) is 0 Å². The smallest absolute Gasteiger partial charge is 0.234 e. The lowest BCUT2D eigenvalue weighted by molar-refractivity contribution is -0.119. The van der Waals surface area contributed by atoms with Crippen LogP contribution in [-0.2, 0) is 11.3 Å². The fourth-order valence-corrected chi connectivity index (χ4v) is 2.59. The highest BCUT2D eigenvalue weighted by Crippen LogP contribution is 2.23. The Morgan fingerprint density at radius 3 is 2.33 bits per heavy atom. The maximum Gasteiger partial charge on any atom is 0.234 e. The third-order valence-corrected chi connectivity index (χ3v) is 3.96. The van der Waals surface area contributed by atoms with E-state index in [0.29, 0.717) is 6.54 Å². The number of aromatic nitrogens is 2. The van der Waals surface area contributed by atoms with E-state index in [9.17, 15) is 4.79 Å². The van der Waals surface area contributed by atoms with Gasteiger partial charge in [0.2, 0.25) is 5.91 Å². The Morgan fingerprint density at radius 2 is 1.67 bits per heavy atom. The summed E-state index contributed by atoms with van der Waals surface area (Å²) in [4.78, 5) is 23.3. The van der Waals surface area contributed by atoms with E-state index in [-0.39, 0.29) is 11.8 Å². The number of rotatable bonds is 5. The first kappa shape index (κ1) is 15.9. The van der Waals surface area contributed by atoms with E-state index in [4.69, 9.17) is 0 Å². The average molecular weight is 317 g/mol. The summed E-state index contributed by atoms with van der Waals surface area (Å²) >= 11 is 0. The molecule has 0 radical (unpaired) electrons. The Balaban J connectivity index is 1.91. The fourth-order valence-electron chi connectivity index (χ4n) is 2.59. The molecule has 120 valence electrons. The van der Waals surface area contributed by atoms with Crippen molar-refractivity contribution >= 4 is 11.6 Å². The van der Waals surface area contributed by atoms with Gasteiger partial charge in [0, 0.05) is 24.3 Å². The third kappa shape index (κ3) is 3.66. The van der Waals surface area contributed by atoms with Gasteiger partial charge >= 0.3 is 0 Å². The SMILES string of the molecule is CC(C(=O)N(Cc1ccccn1)c1ccncc1)c1ccccc1. The molecule has 0 fully saturated rings. The summed E-state index contributed by atoms with van der Waals surface area (Å²) < 4.78 is 0. The molecule has 2 aromatic heterocycles. The van der Waals surface area contributed by atoms with Crippen LogP contribution in [0.2, 0.25) is 0 Å². The first-order valence-corrected chi connectivity index (χ1v) is 7.92. The van der Waals surface area contributed by atoms with Crippen LogP contribution in [0, 0.1) is 0 Å². The quantitative estimate of drug-likeness (QED) is 0.719. The Kier molecular flexibility index (Phi) is 4.96. The molecule has 3 rings (SSSR count). The number of carbonyl (C=O) groups is 1. The standard InChI is InChI=1S/C20H19N3O/c1-16(17-7-3-2-4-8-17)20(24)23(19-10-13-21-14-11-19)15-18-9-5-6-12-22-18/h2-14,16H,15H2,1H3. The summed E-state index contributed by atoms with van der Waals surface area (Å²) in [6.07, 6.45) is 5.13. The van der Waals surface area contributed by atoms with Crippen LogP contribution in [0.3, 0.4) is 0 Å². The topological polar surface area (TPSA) is 46.1 Å². The van der Waals surface area contributed by atoms with Crippen LogP contribution in [-0.4, -0.2) is 15.9 Å². The number of benzene rings is 1. The second-order valence-electron chi connectivity index (χ2n) is 5.58. The zero-order valence-corrected chi connectivity index (χ0v) is 13.5. The highest BCUT2D eigenvalue weighted by Gasteiger charge is 2.23. The van der Waals surface area contributed by atoms with Crippen LogP contribution in [0.15, 0.2) is 79.3 Å². The number of amides is 1. The van der Waals surface area contributed by atoms with Gasteiger partial charge in [-0.25, -0.2) is 0 Å². The molecule has 1 aromatic carbocycles. The molecule has 0 saturated carbocycles. The van der Waals surface area contributed by atoms with Gasteiger partial charge in [0.05, 0.1) is 18.2 Å². The summed E-state index contributed by atoms with van der Waals surface area (Å²) in [6.45, 7) is 2.37. The number of hydrogen-bond donors (Lipinski definition) is 0. The summed E-state index contributed by atoms with van der Waals surface area (Å²) in [5.74, 6) is -0.193. The van der Waals surface area contributed by atoms with E-state index >= 15 is 0 Å². The lowest BCUT2D eigenvalue weighted by Gasteiger charge is -2.26. The van der Waals surface area contributed by atoms with E-state index in [1.165, 1.54) is 0 Å². The Morgan fingerprint density at radius 1 is 0.958 bits per heavy atom. The zero-order valence-electron chi connectivity index (χ0n) is 13.5. The van der Waals surface area contributed by atoms with E-state index in [2.05, 4.69) is 9.97 Å². The highest BCUT2D eigenvalue weighted by atomic mass is 16.2. The van der Waals surface area contributed by atoms with Crippen LogP contribution in [0.1, 0.15) is 24.1 Å². The van der Waals surface area contributed by atoms with Gasteiger partial charge < -0.3 is 4.90 Å². The van der Waals surface area contributed by atoms with Crippen molar-refractivity contribution in [3.63, 3.8) is 0 Å². The van der Waals surface area contributed by atoms with Crippen molar-refractivity contribution < 1.29 is 4.79 Å². The molecule has 0 spiro atoms. The molecule has 1 amide bonds. The molecule has 0 N–H and O–H groups in total. The molecule has 0 aliphatic carbocycles. The predicted octanol–water partition coefficient (Wildman–Crippen LogP) is 3.81. The van der Waals surface area contributed by atoms with Crippen molar-refractivity contribution in [1.82, 2.24) is 9.97 Å². The molecule has 0 saturated heterocycles. The maximum absolute atomic E-state index is 13.1. The van der Waals surface area contributed by atoms with Gasteiger partial charge in [-0.3, -0.25) is 14.8 Å². The average Bonchev–Trinajstić information content (AvgIpc) is 2.67. The molecule has 1 unspecified atom stereocenters. The molecule has 0 aliphatic heterocycles. The number of nitrogens with zero attached hydrogens (tertiary/aromatic N) is 3. The molecule has 2 heterocycles. The van der Waals surface area contributed by atoms with Crippen LogP contribution in [0.25, 0.3) is 0 Å². The van der Waals surface area contributed by atoms with Crippen LogP contribution >= 0.6 is 0 Å². The first-order valence-electron chi connectivity index (χ1n) is 7.92. The lowest BCUT2D eigenvalue weighted by Crippen LogP contribution is -2.34. The minimum absolute atomic E-state index is 0.0399. The predicted molar refractivity (Wildman–Crippen MR) is 94.5 cm³/mol. The van der Waals surface area contributed by atoms with E-state index in [1.54, 1.807) is 23.5 Å². The number of hydrogen-bond acceptors (Lipinski definition) is 3. The van der Waals surface area contributed by atoms with Crippen molar-refractivity contribution in [3.05, 3.63) is 90.5 Å². The minimum atomic E-state index is -0.233. The number of anilines is 1. The van der Waals surface area contributed by atoms with Gasteiger partial charge in [-0.1, -0.05) is 36.4 Å². The summed E-state index contributed by atoms with van der Waals surface area (Å²) in [5.41, 5.74) is 2.67. The molecule has 0 aliphatic rings. The van der Waals surface area contributed by atoms with Gasteiger partial charge in [0.25, 0.3) is 0 Å². The second-order valence-corrected chi connectivity index (χ2v) is 5.58. The van der Waals surface area contributed by atoms with Crippen LogP contribution in [0.5, 0.6) is 0 Å². The molecule has 3 aromatic rings. The lowest BCUT2D eigenvalue weighted by atomic mass is 9.99. The van der Waals surface area contributed by atoms with Crippen molar-refractivity contribution in [2.45, 2.75) is 19.4 Å². The summed E-state index contributed by atoms with van der Waals surface area (Å²) in [6, 6.07) is 19.2. The van der Waals surface area contributed by atoms with Gasteiger partial charge in [-0.05, 0) is 36.8 Å². The third-order valence-electron chi connectivity index (χ3n) is 3.96. The first-order chi connectivity index (χ1) is 11.8. The van der Waals surface area contributed by atoms with Crippen LogP contribution < -0.4 is 4.90 Å². The van der Waals surface area contributed by atoms with Gasteiger partial charge in [0.15, 0.2) is 0 Å². The van der Waals surface area contributed by atoms with E-state index in [0.717, 1.165) is 16.9 Å². The largest absolute Gasteiger partial charge is 0.306 e. The normalized spacial score (nSPS) is 11.7. The van der Waals surface area contributed by atoms with Crippen molar-refractivity contribution in [2.24, 2.45) is 0 Å². The Hall–Kier alpha value is -3.01. The van der Waals surface area contributed by atoms with Crippen molar-refractivity contribution in [1.29, 1.82) is 0 Å². The maximum atomic E-state index is 13.1. The molecule has 4 nitrogen and oxygen atoms in total. The van der Waals surface area contributed by atoms with Gasteiger partial charge in [-0.2, -0.15) is 0 Å². The summed E-state index contributed by atoms with van der Waals surface area (Å²) in [5, 5.41) is 0. The van der Waals surface area contributed by atoms with Crippen molar-refractivity contribution in [2.75, 3.05) is 4.90 Å². The summed E-state index contributed by atoms with van der Waals surface area (Å²) in [7, 11) is 0. The molecular formula is C20H19N3O. The number of carbonyl (C=O) groups excluding carboxylic acids is 1. The zero-order chi connectivity index (χ0) is 16.8. The fraction of sp³-hybridized carbons (Fsp3) is 0.150. The molecule has 0 bridgehead atoms.